The molecule has 1 N–H and O–H groups in total. The normalized spacial score (nSPS) is 18.6. The molecule has 8 nitrogen and oxygen atoms in total. The molecule has 0 bridgehead atoms. The second-order valence-corrected chi connectivity index (χ2v) is 9.88. The summed E-state index contributed by atoms with van der Waals surface area (Å²) in [4.78, 5) is 17.1. The molecule has 1 saturated heterocycles. The lowest BCUT2D eigenvalue weighted by molar-refractivity contribution is -0.125. The highest BCUT2D eigenvalue weighted by Crippen LogP contribution is 2.33. The molecular weight excluding hydrogens is 426 g/mol. The summed E-state index contributed by atoms with van der Waals surface area (Å²) in [5.41, 5.74) is 5.07. The van der Waals surface area contributed by atoms with E-state index in [9.17, 15) is 4.79 Å². The Hall–Kier alpha value is -3.00. The van der Waals surface area contributed by atoms with Crippen LogP contribution in [0.3, 0.4) is 0 Å². The van der Waals surface area contributed by atoms with Gasteiger partial charge in [0.05, 0.1) is 22.5 Å². The van der Waals surface area contributed by atoms with Gasteiger partial charge in [-0.05, 0) is 79.7 Å². The smallest absolute Gasteiger partial charge is 0.223 e. The van der Waals surface area contributed by atoms with Crippen LogP contribution in [0.2, 0.25) is 0 Å². The number of fused-ring (bicyclic) bond motifs is 1. The molecule has 1 aliphatic heterocycles. The van der Waals surface area contributed by atoms with Crippen molar-refractivity contribution in [2.75, 3.05) is 38.6 Å². The Balaban J connectivity index is 1.54. The largest absolute Gasteiger partial charge is 0.356 e. The van der Waals surface area contributed by atoms with E-state index >= 15 is 0 Å². The number of anilines is 1. The van der Waals surface area contributed by atoms with Gasteiger partial charge in [-0.1, -0.05) is 17.7 Å². The number of piperidine rings is 1. The molecule has 8 heteroatoms. The summed E-state index contributed by atoms with van der Waals surface area (Å²) in [6, 6.07) is 8.56. The molecule has 0 spiro atoms. The lowest BCUT2D eigenvalue weighted by Gasteiger charge is -2.37. The standard InChI is InChI=1S/C26H37N7O/c1-17-8-10-22(11-9-17)33-20(4)23-19(3)28-29-25(24(23)30-33)32-15-12-21(16-18(32)2)26(34)27-13-7-14-31(5)6/h8-11,18,21H,7,12-16H2,1-6H3,(H,27,34)/t18-,21-/m0/s1. The number of carbonyl (C=O) groups excluding carboxylic acids is 1. The van der Waals surface area contributed by atoms with Gasteiger partial charge in [-0.25, -0.2) is 4.68 Å². The van der Waals surface area contributed by atoms with Crippen LogP contribution in [0.5, 0.6) is 0 Å². The lowest BCUT2D eigenvalue weighted by atomic mass is 9.90. The fourth-order valence-corrected chi connectivity index (χ4v) is 4.92. The van der Waals surface area contributed by atoms with E-state index in [0.29, 0.717) is 0 Å². The maximum atomic E-state index is 12.7. The Bertz CT molecular complexity index is 1150. The number of amides is 1. The van der Waals surface area contributed by atoms with Gasteiger partial charge in [0.25, 0.3) is 0 Å². The van der Waals surface area contributed by atoms with Gasteiger partial charge in [0.15, 0.2) is 5.82 Å². The average molecular weight is 464 g/mol. The Morgan fingerprint density at radius 1 is 1.15 bits per heavy atom. The van der Waals surface area contributed by atoms with Crippen molar-refractivity contribution < 1.29 is 4.79 Å². The van der Waals surface area contributed by atoms with Gasteiger partial charge in [-0.2, -0.15) is 10.2 Å². The van der Waals surface area contributed by atoms with Crippen molar-refractivity contribution in [3.63, 3.8) is 0 Å². The molecule has 0 aliphatic carbocycles. The number of aryl methyl sites for hydroxylation is 3. The highest BCUT2D eigenvalue weighted by molar-refractivity contribution is 5.92. The van der Waals surface area contributed by atoms with Gasteiger partial charge in [-0.3, -0.25) is 4.79 Å². The van der Waals surface area contributed by atoms with Crippen molar-refractivity contribution in [2.24, 2.45) is 5.92 Å². The third-order valence-electron chi connectivity index (χ3n) is 6.86. The first-order chi connectivity index (χ1) is 16.3. The molecule has 1 aliphatic rings. The van der Waals surface area contributed by atoms with Crippen LogP contribution in [-0.4, -0.2) is 70.6 Å². The van der Waals surface area contributed by atoms with Gasteiger partial charge < -0.3 is 15.1 Å². The number of hydrogen-bond donors (Lipinski definition) is 1. The average Bonchev–Trinajstić information content (AvgIpc) is 3.15. The van der Waals surface area contributed by atoms with E-state index in [1.165, 1.54) is 5.56 Å². The summed E-state index contributed by atoms with van der Waals surface area (Å²) in [6.07, 6.45) is 2.57. The zero-order valence-corrected chi connectivity index (χ0v) is 21.3. The fourth-order valence-electron chi connectivity index (χ4n) is 4.92. The molecule has 2 atom stereocenters. The first-order valence-electron chi connectivity index (χ1n) is 12.2. The number of nitrogens with zero attached hydrogens (tertiary/aromatic N) is 6. The summed E-state index contributed by atoms with van der Waals surface area (Å²) in [5, 5.41) is 18.2. The van der Waals surface area contributed by atoms with Gasteiger partial charge in [0.2, 0.25) is 5.91 Å². The first-order valence-corrected chi connectivity index (χ1v) is 12.2. The molecular formula is C26H37N7O. The molecule has 34 heavy (non-hydrogen) atoms. The second-order valence-electron chi connectivity index (χ2n) is 9.88. The minimum absolute atomic E-state index is 0.0337. The van der Waals surface area contributed by atoms with Crippen molar-refractivity contribution in [1.29, 1.82) is 0 Å². The lowest BCUT2D eigenvalue weighted by Crippen LogP contribution is -2.46. The predicted octanol–water partition coefficient (Wildman–Crippen LogP) is 3.41. The van der Waals surface area contributed by atoms with Gasteiger partial charge in [-0.15, -0.1) is 5.10 Å². The number of carbonyl (C=O) groups is 1. The minimum Gasteiger partial charge on any atom is -0.356 e. The summed E-state index contributed by atoms with van der Waals surface area (Å²) >= 11 is 0. The summed E-state index contributed by atoms with van der Waals surface area (Å²) in [5.74, 6) is 1.02. The molecule has 3 aromatic rings. The fraction of sp³-hybridized carbons (Fsp3) is 0.538. The van der Waals surface area contributed by atoms with Crippen molar-refractivity contribution in [1.82, 2.24) is 30.2 Å². The number of benzene rings is 1. The predicted molar refractivity (Wildman–Crippen MR) is 137 cm³/mol. The Morgan fingerprint density at radius 2 is 1.88 bits per heavy atom. The zero-order chi connectivity index (χ0) is 24.4. The molecule has 1 aromatic carbocycles. The van der Waals surface area contributed by atoms with Crippen LogP contribution in [0, 0.1) is 26.7 Å². The summed E-state index contributed by atoms with van der Waals surface area (Å²) in [7, 11) is 4.10. The third kappa shape index (κ3) is 4.92. The van der Waals surface area contributed by atoms with E-state index in [1.807, 2.05) is 11.6 Å². The molecule has 4 rings (SSSR count). The SMILES string of the molecule is Cc1ccc(-n2nc3c(N4CC[C@H](C(=O)NCCCN(C)C)C[C@@H]4C)nnc(C)c3c2C)cc1. The summed E-state index contributed by atoms with van der Waals surface area (Å²) in [6.45, 7) is 10.8. The van der Waals surface area contributed by atoms with Crippen LogP contribution in [0.4, 0.5) is 5.82 Å². The summed E-state index contributed by atoms with van der Waals surface area (Å²) < 4.78 is 1.99. The van der Waals surface area contributed by atoms with E-state index in [-0.39, 0.29) is 17.9 Å². The van der Waals surface area contributed by atoms with Crippen LogP contribution < -0.4 is 10.2 Å². The third-order valence-corrected chi connectivity index (χ3v) is 6.86. The van der Waals surface area contributed by atoms with E-state index in [0.717, 1.165) is 72.7 Å². The molecule has 1 amide bonds. The van der Waals surface area contributed by atoms with E-state index in [4.69, 9.17) is 5.10 Å². The number of aromatic nitrogens is 4. The van der Waals surface area contributed by atoms with Crippen molar-refractivity contribution in [3.05, 3.63) is 41.2 Å². The van der Waals surface area contributed by atoms with Crippen LogP contribution >= 0.6 is 0 Å². The number of rotatable bonds is 7. The maximum absolute atomic E-state index is 12.7. The van der Waals surface area contributed by atoms with Crippen LogP contribution in [-0.2, 0) is 4.79 Å². The van der Waals surface area contributed by atoms with Gasteiger partial charge in [0, 0.05) is 25.0 Å². The van der Waals surface area contributed by atoms with Crippen LogP contribution in [0.15, 0.2) is 24.3 Å². The maximum Gasteiger partial charge on any atom is 0.223 e. The molecule has 0 saturated carbocycles. The molecule has 0 unspecified atom stereocenters. The molecule has 2 aromatic heterocycles. The molecule has 1 fully saturated rings. The Labute approximate surface area is 202 Å². The van der Waals surface area contributed by atoms with E-state index in [2.05, 4.69) is 84.4 Å². The monoisotopic (exact) mass is 463 g/mol. The minimum atomic E-state index is 0.0337. The van der Waals surface area contributed by atoms with E-state index < -0.39 is 0 Å². The molecule has 182 valence electrons. The Kier molecular flexibility index (Phi) is 7.16. The van der Waals surface area contributed by atoms with Gasteiger partial charge >= 0.3 is 0 Å². The van der Waals surface area contributed by atoms with Gasteiger partial charge in [0.1, 0.15) is 5.52 Å². The topological polar surface area (TPSA) is 79.2 Å². The van der Waals surface area contributed by atoms with Crippen molar-refractivity contribution in [3.8, 4) is 5.69 Å². The van der Waals surface area contributed by atoms with E-state index in [1.54, 1.807) is 0 Å². The molecule has 0 radical (unpaired) electrons. The van der Waals surface area contributed by atoms with Crippen molar-refractivity contribution in [2.45, 2.75) is 53.0 Å². The van der Waals surface area contributed by atoms with Crippen LogP contribution in [0.1, 0.15) is 43.1 Å². The Morgan fingerprint density at radius 3 is 2.56 bits per heavy atom. The van der Waals surface area contributed by atoms with Crippen molar-refractivity contribution >= 4 is 22.6 Å². The molecule has 3 heterocycles. The zero-order valence-electron chi connectivity index (χ0n) is 21.3. The quantitative estimate of drug-likeness (QED) is 0.541. The highest BCUT2D eigenvalue weighted by atomic mass is 16.1. The highest BCUT2D eigenvalue weighted by Gasteiger charge is 2.32. The van der Waals surface area contributed by atoms with Crippen LogP contribution in [0.25, 0.3) is 16.6 Å². The first kappa shape index (κ1) is 24.1. The number of nitrogens with one attached hydrogen (secondary N) is 1. The second kappa shape index (κ2) is 10.1. The number of hydrogen-bond acceptors (Lipinski definition) is 6.